The second-order valence-corrected chi connectivity index (χ2v) is 10.1. The molecule has 0 N–H and O–H groups in total. The summed E-state index contributed by atoms with van der Waals surface area (Å²) in [4.78, 5) is 0. The molecule has 2 aliphatic carbocycles. The summed E-state index contributed by atoms with van der Waals surface area (Å²) < 4.78 is 2.53. The van der Waals surface area contributed by atoms with Gasteiger partial charge in [0, 0.05) is 22.9 Å². The van der Waals surface area contributed by atoms with Crippen LogP contribution in [-0.2, 0) is 19.3 Å². The molecule has 0 amide bonds. The Morgan fingerprint density at radius 1 is 0.471 bits per heavy atom. The molecule has 1 aromatic heterocycles. The van der Waals surface area contributed by atoms with E-state index >= 15 is 0 Å². The van der Waals surface area contributed by atoms with Crippen molar-refractivity contribution < 1.29 is 0 Å². The molecule has 34 heavy (non-hydrogen) atoms. The highest BCUT2D eigenvalue weighted by atomic mass is 15.0. The summed E-state index contributed by atoms with van der Waals surface area (Å²) in [6, 6.07) is 34.3. The summed E-state index contributed by atoms with van der Waals surface area (Å²) in [6.45, 7) is 0. The smallest absolute Gasteiger partial charge is 0.0579 e. The van der Waals surface area contributed by atoms with Gasteiger partial charge in [0.15, 0.2) is 0 Å². The fourth-order valence-corrected chi connectivity index (χ4v) is 7.02. The van der Waals surface area contributed by atoms with E-state index in [1.165, 1.54) is 83.1 Å². The maximum absolute atomic E-state index is 2.53. The minimum atomic E-state index is 1.02. The summed E-state index contributed by atoms with van der Waals surface area (Å²) in [6.07, 6.45) is 3.12. The first kappa shape index (κ1) is 17.4. The molecule has 0 atom stereocenters. The van der Waals surface area contributed by atoms with Crippen LogP contribution < -0.4 is 0 Å². The molecule has 9 rings (SSSR count). The van der Waals surface area contributed by atoms with Gasteiger partial charge in [-0.1, -0.05) is 66.7 Å². The molecule has 1 aliphatic heterocycles. The van der Waals surface area contributed by atoms with Crippen LogP contribution in [0.5, 0.6) is 0 Å². The van der Waals surface area contributed by atoms with Gasteiger partial charge in [0.05, 0.1) is 11.0 Å². The highest BCUT2D eigenvalue weighted by Crippen LogP contribution is 2.50. The third-order valence-corrected chi connectivity index (χ3v) is 8.45. The molecule has 0 fully saturated rings. The van der Waals surface area contributed by atoms with Gasteiger partial charge in [-0.05, 0) is 92.7 Å². The van der Waals surface area contributed by atoms with Gasteiger partial charge in [-0.25, -0.2) is 0 Å². The van der Waals surface area contributed by atoms with Crippen LogP contribution >= 0.6 is 0 Å². The molecule has 1 heteroatoms. The average molecular weight is 432 g/mol. The van der Waals surface area contributed by atoms with Crippen LogP contribution in [0.1, 0.15) is 33.4 Å². The monoisotopic (exact) mass is 431 g/mol. The van der Waals surface area contributed by atoms with Crippen molar-refractivity contribution in [1.82, 2.24) is 4.57 Å². The van der Waals surface area contributed by atoms with Crippen LogP contribution in [-0.4, -0.2) is 4.57 Å². The van der Waals surface area contributed by atoms with E-state index in [-0.39, 0.29) is 0 Å². The number of para-hydroxylation sites is 2. The Balaban J connectivity index is 1.39. The molecule has 0 radical (unpaired) electrons. The van der Waals surface area contributed by atoms with Crippen molar-refractivity contribution >= 4 is 21.8 Å². The minimum absolute atomic E-state index is 1.02. The van der Waals surface area contributed by atoms with Gasteiger partial charge in [0.2, 0.25) is 0 Å². The molecule has 0 saturated carbocycles. The molecule has 5 aromatic carbocycles. The fraction of sp³-hybridized carbons (Fsp3) is 0.0909. The molecule has 2 heterocycles. The Morgan fingerprint density at radius 3 is 2.18 bits per heavy atom. The molecule has 0 unspecified atom stereocenters. The van der Waals surface area contributed by atoms with Crippen molar-refractivity contribution in [2.75, 3.05) is 0 Å². The van der Waals surface area contributed by atoms with E-state index < -0.39 is 0 Å². The lowest BCUT2D eigenvalue weighted by atomic mass is 9.90. The SMILES string of the molecule is c1ccc2c(c1)Cc1cc3c(cc1-2)-c1cc2c4ccccc4n4c2c(c1C3)Cc1ccccc1-4. The van der Waals surface area contributed by atoms with Gasteiger partial charge in [-0.15, -0.1) is 0 Å². The maximum Gasteiger partial charge on any atom is 0.0579 e. The first-order chi connectivity index (χ1) is 16.8. The average Bonchev–Trinajstić information content (AvgIpc) is 3.53. The third kappa shape index (κ3) is 1.98. The highest BCUT2D eigenvalue weighted by molar-refractivity contribution is 6.13. The summed E-state index contributed by atoms with van der Waals surface area (Å²) >= 11 is 0. The molecular formula is C33H21N. The van der Waals surface area contributed by atoms with Crippen molar-refractivity contribution in [3.63, 3.8) is 0 Å². The lowest BCUT2D eigenvalue weighted by Gasteiger charge is -2.23. The van der Waals surface area contributed by atoms with E-state index in [0.29, 0.717) is 0 Å². The van der Waals surface area contributed by atoms with Crippen molar-refractivity contribution in [1.29, 1.82) is 0 Å². The van der Waals surface area contributed by atoms with Crippen molar-refractivity contribution in [2.45, 2.75) is 19.3 Å². The number of hydrogen-bond acceptors (Lipinski definition) is 0. The second kappa shape index (κ2) is 5.87. The molecule has 0 spiro atoms. The van der Waals surface area contributed by atoms with Crippen LogP contribution in [0.25, 0.3) is 49.7 Å². The molecule has 0 bridgehead atoms. The predicted molar refractivity (Wildman–Crippen MR) is 140 cm³/mol. The standard InChI is InChI=1S/C33H21N/c1-3-9-23-19(7-1)13-21-14-22-16-27-28(26(22)17-25(21)23)18-30-24-10-4-6-12-32(24)34-31-11-5-2-8-20(31)15-29(27)33(30)34/h1-12,14,17-18H,13,15-16H2. The summed E-state index contributed by atoms with van der Waals surface area (Å²) in [5.74, 6) is 0. The number of rotatable bonds is 0. The van der Waals surface area contributed by atoms with Crippen molar-refractivity contribution in [3.8, 4) is 27.9 Å². The van der Waals surface area contributed by atoms with E-state index in [0.717, 1.165) is 19.3 Å². The normalized spacial score (nSPS) is 14.1. The topological polar surface area (TPSA) is 4.93 Å². The van der Waals surface area contributed by atoms with Crippen molar-refractivity contribution in [3.05, 3.63) is 124 Å². The molecule has 3 aliphatic rings. The zero-order valence-electron chi connectivity index (χ0n) is 18.7. The number of fused-ring (bicyclic) bond motifs is 12. The zero-order chi connectivity index (χ0) is 22.0. The summed E-state index contributed by atoms with van der Waals surface area (Å²) in [7, 11) is 0. The molecule has 6 aromatic rings. The predicted octanol–water partition coefficient (Wildman–Crippen LogP) is 7.83. The molecular weight excluding hydrogens is 410 g/mol. The largest absolute Gasteiger partial charge is 0.309 e. The van der Waals surface area contributed by atoms with Gasteiger partial charge in [0.25, 0.3) is 0 Å². The summed E-state index contributed by atoms with van der Waals surface area (Å²) in [5, 5.41) is 2.76. The number of aromatic nitrogens is 1. The highest BCUT2D eigenvalue weighted by Gasteiger charge is 2.31. The lowest BCUT2D eigenvalue weighted by molar-refractivity contribution is 1.02. The van der Waals surface area contributed by atoms with E-state index in [1.54, 1.807) is 0 Å². The quantitative estimate of drug-likeness (QED) is 0.231. The van der Waals surface area contributed by atoms with Crippen LogP contribution in [0, 0.1) is 0 Å². The van der Waals surface area contributed by atoms with Crippen LogP contribution in [0.2, 0.25) is 0 Å². The first-order valence-electron chi connectivity index (χ1n) is 12.3. The Kier molecular flexibility index (Phi) is 3.00. The van der Waals surface area contributed by atoms with Crippen LogP contribution in [0.3, 0.4) is 0 Å². The van der Waals surface area contributed by atoms with Gasteiger partial charge >= 0.3 is 0 Å². The number of hydrogen-bond donors (Lipinski definition) is 0. The Labute approximate surface area is 197 Å². The van der Waals surface area contributed by atoms with Gasteiger partial charge in [0.1, 0.15) is 0 Å². The zero-order valence-corrected chi connectivity index (χ0v) is 18.7. The minimum Gasteiger partial charge on any atom is -0.309 e. The van der Waals surface area contributed by atoms with E-state index in [9.17, 15) is 0 Å². The third-order valence-electron chi connectivity index (χ3n) is 8.45. The van der Waals surface area contributed by atoms with E-state index in [4.69, 9.17) is 0 Å². The van der Waals surface area contributed by atoms with Crippen molar-refractivity contribution in [2.24, 2.45) is 0 Å². The molecule has 1 nitrogen and oxygen atoms in total. The first-order valence-corrected chi connectivity index (χ1v) is 12.3. The molecule has 0 saturated heterocycles. The molecule has 158 valence electrons. The number of benzene rings is 5. The van der Waals surface area contributed by atoms with Crippen LogP contribution in [0.4, 0.5) is 0 Å². The Bertz CT molecular complexity index is 1880. The van der Waals surface area contributed by atoms with Gasteiger partial charge in [-0.2, -0.15) is 0 Å². The second-order valence-electron chi connectivity index (χ2n) is 10.1. The van der Waals surface area contributed by atoms with E-state index in [1.807, 2.05) is 0 Å². The van der Waals surface area contributed by atoms with Gasteiger partial charge < -0.3 is 4.57 Å². The Morgan fingerprint density at radius 2 is 1.21 bits per heavy atom. The number of nitrogens with zero attached hydrogens (tertiary/aromatic N) is 1. The van der Waals surface area contributed by atoms with Gasteiger partial charge in [-0.3, -0.25) is 0 Å². The lowest BCUT2D eigenvalue weighted by Crippen LogP contribution is -2.09. The fourth-order valence-electron chi connectivity index (χ4n) is 7.02. The van der Waals surface area contributed by atoms with Crippen LogP contribution in [0.15, 0.2) is 91.0 Å². The van der Waals surface area contributed by atoms with E-state index in [2.05, 4.69) is 95.6 Å². The maximum atomic E-state index is 2.53. The summed E-state index contributed by atoms with van der Waals surface area (Å²) in [5.41, 5.74) is 18.8. The Hall–Kier alpha value is -4.10.